The molecule has 23 heavy (non-hydrogen) atoms. The summed E-state index contributed by atoms with van der Waals surface area (Å²) in [4.78, 5) is 12.9. The van der Waals surface area contributed by atoms with Gasteiger partial charge >= 0.3 is 0 Å². The van der Waals surface area contributed by atoms with Crippen LogP contribution < -0.4 is 5.32 Å². The predicted molar refractivity (Wildman–Crippen MR) is 101 cm³/mol. The van der Waals surface area contributed by atoms with Gasteiger partial charge in [0.2, 0.25) is 0 Å². The Hall–Kier alpha value is -0.613. The molecule has 2 N–H and O–H groups in total. The summed E-state index contributed by atoms with van der Waals surface area (Å²) in [7, 11) is -1.89. The SMILES string of the molecule is CCC[C@@H](O)C[C@@H]1CC(=O)C([Si](C(C)C)(C(C)C)C(C)C)=CN1. The van der Waals surface area contributed by atoms with Gasteiger partial charge in [-0.05, 0) is 40.9 Å². The fourth-order valence-electron chi connectivity index (χ4n) is 4.90. The van der Waals surface area contributed by atoms with Crippen LogP contribution in [0.3, 0.4) is 0 Å². The molecule has 1 rings (SSSR count). The number of aliphatic hydroxyl groups excluding tert-OH is 1. The molecule has 0 radical (unpaired) electrons. The maximum Gasteiger partial charge on any atom is 0.158 e. The molecule has 0 aromatic carbocycles. The molecule has 0 unspecified atom stereocenters. The number of carbonyl (C=O) groups is 1. The van der Waals surface area contributed by atoms with E-state index < -0.39 is 8.07 Å². The third-order valence-electron chi connectivity index (χ3n) is 5.71. The van der Waals surface area contributed by atoms with Crippen molar-refractivity contribution in [1.29, 1.82) is 0 Å². The van der Waals surface area contributed by atoms with Gasteiger partial charge < -0.3 is 10.4 Å². The summed E-state index contributed by atoms with van der Waals surface area (Å²) in [6, 6.07) is 0.0889. The topological polar surface area (TPSA) is 49.3 Å². The summed E-state index contributed by atoms with van der Waals surface area (Å²) < 4.78 is 0. The van der Waals surface area contributed by atoms with Crippen LogP contribution in [0.5, 0.6) is 0 Å². The van der Waals surface area contributed by atoms with Crippen LogP contribution >= 0.6 is 0 Å². The van der Waals surface area contributed by atoms with E-state index in [1.54, 1.807) is 0 Å². The van der Waals surface area contributed by atoms with Crippen LogP contribution in [0.25, 0.3) is 0 Å². The van der Waals surface area contributed by atoms with Crippen molar-refractivity contribution in [2.75, 3.05) is 0 Å². The third-order valence-corrected chi connectivity index (χ3v) is 12.8. The molecular weight excluding hydrogens is 302 g/mol. The molecular formula is C19H37NO2Si. The van der Waals surface area contributed by atoms with Gasteiger partial charge in [0, 0.05) is 12.5 Å². The second kappa shape index (κ2) is 8.47. The fourth-order valence-corrected chi connectivity index (χ4v) is 11.7. The van der Waals surface area contributed by atoms with Crippen LogP contribution in [-0.2, 0) is 4.79 Å². The van der Waals surface area contributed by atoms with E-state index in [-0.39, 0.29) is 12.1 Å². The molecule has 0 aliphatic carbocycles. The molecule has 0 amide bonds. The van der Waals surface area contributed by atoms with E-state index >= 15 is 0 Å². The first-order chi connectivity index (χ1) is 10.7. The number of rotatable bonds is 8. The number of nitrogens with one attached hydrogen (secondary N) is 1. The van der Waals surface area contributed by atoms with E-state index in [1.165, 1.54) is 0 Å². The van der Waals surface area contributed by atoms with Crippen molar-refractivity contribution in [2.45, 2.75) is 103 Å². The van der Waals surface area contributed by atoms with Crippen molar-refractivity contribution in [1.82, 2.24) is 5.32 Å². The maximum absolute atomic E-state index is 12.9. The number of hydrogen-bond acceptors (Lipinski definition) is 3. The number of ketones is 1. The fraction of sp³-hybridized carbons (Fsp3) is 0.842. The van der Waals surface area contributed by atoms with E-state index in [1.807, 2.05) is 6.20 Å². The molecule has 1 aliphatic heterocycles. The normalized spacial score (nSPS) is 20.9. The minimum atomic E-state index is -1.89. The van der Waals surface area contributed by atoms with Gasteiger partial charge in [-0.3, -0.25) is 4.79 Å². The number of hydrogen-bond donors (Lipinski definition) is 2. The Morgan fingerprint density at radius 3 is 2.09 bits per heavy atom. The van der Waals surface area contributed by atoms with Crippen molar-refractivity contribution >= 4 is 13.9 Å². The van der Waals surface area contributed by atoms with Gasteiger partial charge in [0.15, 0.2) is 5.78 Å². The van der Waals surface area contributed by atoms with Crippen molar-refractivity contribution in [3.63, 3.8) is 0 Å². The van der Waals surface area contributed by atoms with Gasteiger partial charge in [0.05, 0.1) is 6.10 Å². The molecule has 4 heteroatoms. The molecule has 0 spiro atoms. The first kappa shape index (κ1) is 20.4. The molecule has 0 aromatic heterocycles. The maximum atomic E-state index is 12.9. The second-order valence-electron chi connectivity index (χ2n) is 8.12. The Kier molecular flexibility index (Phi) is 7.53. The van der Waals surface area contributed by atoms with Crippen molar-refractivity contribution in [2.24, 2.45) is 0 Å². The Morgan fingerprint density at radius 2 is 1.70 bits per heavy atom. The zero-order valence-electron chi connectivity index (χ0n) is 16.1. The van der Waals surface area contributed by atoms with E-state index in [2.05, 4.69) is 53.8 Å². The molecule has 0 saturated carbocycles. The van der Waals surface area contributed by atoms with E-state index in [4.69, 9.17) is 0 Å². The predicted octanol–water partition coefficient (Wildman–Crippen LogP) is 4.57. The average molecular weight is 340 g/mol. The van der Waals surface area contributed by atoms with Gasteiger partial charge in [0.1, 0.15) is 8.07 Å². The summed E-state index contributed by atoms with van der Waals surface area (Å²) in [5, 5.41) is 14.6. The van der Waals surface area contributed by atoms with Crippen LogP contribution in [0.4, 0.5) is 0 Å². The Morgan fingerprint density at radius 1 is 1.17 bits per heavy atom. The first-order valence-electron chi connectivity index (χ1n) is 9.35. The minimum absolute atomic E-state index is 0.0889. The summed E-state index contributed by atoms with van der Waals surface area (Å²) in [6.07, 6.45) is 4.72. The number of allylic oxidation sites excluding steroid dienone is 1. The lowest BCUT2D eigenvalue weighted by atomic mass is 9.99. The van der Waals surface area contributed by atoms with Gasteiger partial charge in [-0.2, -0.15) is 0 Å². The third kappa shape index (κ3) is 4.27. The highest BCUT2D eigenvalue weighted by atomic mass is 28.3. The lowest BCUT2D eigenvalue weighted by Gasteiger charge is -2.46. The highest BCUT2D eigenvalue weighted by Crippen LogP contribution is 2.47. The standard InChI is InChI=1S/C19H37NO2Si/c1-8-9-17(21)10-16-11-18(22)19(12-20-16)23(13(2)3,14(4)5)15(6)7/h12-17,20-21H,8-11H2,1-7H3/t16-,17-/m1/s1. The van der Waals surface area contributed by atoms with E-state index in [9.17, 15) is 9.90 Å². The molecule has 2 atom stereocenters. The van der Waals surface area contributed by atoms with Crippen LogP contribution in [0.15, 0.2) is 11.4 Å². The van der Waals surface area contributed by atoms with Crippen molar-refractivity contribution < 1.29 is 9.90 Å². The van der Waals surface area contributed by atoms with Gasteiger partial charge in [-0.15, -0.1) is 0 Å². The molecule has 0 saturated heterocycles. The molecule has 0 aromatic rings. The summed E-state index contributed by atoms with van der Waals surface area (Å²) in [5.41, 5.74) is 1.63. The largest absolute Gasteiger partial charge is 0.393 e. The quantitative estimate of drug-likeness (QED) is 0.637. The summed E-state index contributed by atoms with van der Waals surface area (Å²) in [6.45, 7) is 15.8. The van der Waals surface area contributed by atoms with Crippen LogP contribution in [0, 0.1) is 0 Å². The highest BCUT2D eigenvalue weighted by molar-refractivity contribution is 6.93. The Balaban J connectivity index is 3.03. The monoisotopic (exact) mass is 339 g/mol. The van der Waals surface area contributed by atoms with E-state index in [0.717, 1.165) is 18.0 Å². The van der Waals surface area contributed by atoms with Crippen LogP contribution in [-0.4, -0.2) is 31.1 Å². The molecule has 1 heterocycles. The number of aliphatic hydroxyl groups is 1. The Labute approximate surface area is 143 Å². The lowest BCUT2D eigenvalue weighted by Crippen LogP contribution is -2.52. The van der Waals surface area contributed by atoms with Gasteiger partial charge in [-0.25, -0.2) is 0 Å². The summed E-state index contributed by atoms with van der Waals surface area (Å²) in [5.74, 6) is 0.320. The zero-order valence-corrected chi connectivity index (χ0v) is 17.1. The second-order valence-corrected chi connectivity index (χ2v) is 14.0. The molecule has 134 valence electrons. The summed E-state index contributed by atoms with van der Waals surface area (Å²) >= 11 is 0. The highest BCUT2D eigenvalue weighted by Gasteiger charge is 2.49. The molecule has 0 bridgehead atoms. The Bertz CT molecular complexity index is 407. The van der Waals surface area contributed by atoms with Crippen LogP contribution in [0.1, 0.15) is 74.1 Å². The van der Waals surface area contributed by atoms with Gasteiger partial charge in [0.25, 0.3) is 0 Å². The lowest BCUT2D eigenvalue weighted by molar-refractivity contribution is -0.116. The number of Topliss-reactive ketones (excluding diaryl/α,β-unsaturated/α-hetero) is 1. The first-order valence-corrected chi connectivity index (χ1v) is 11.6. The molecule has 3 nitrogen and oxygen atoms in total. The smallest absolute Gasteiger partial charge is 0.158 e. The van der Waals surface area contributed by atoms with Crippen molar-refractivity contribution in [3.8, 4) is 0 Å². The molecule has 1 aliphatic rings. The van der Waals surface area contributed by atoms with Crippen LogP contribution in [0.2, 0.25) is 16.6 Å². The minimum Gasteiger partial charge on any atom is -0.393 e. The molecule has 0 fully saturated rings. The van der Waals surface area contributed by atoms with Crippen molar-refractivity contribution in [3.05, 3.63) is 11.4 Å². The number of carbonyl (C=O) groups excluding carboxylic acids is 1. The van der Waals surface area contributed by atoms with E-state index in [0.29, 0.717) is 35.2 Å². The average Bonchev–Trinajstić information content (AvgIpc) is 2.40. The zero-order chi connectivity index (χ0) is 17.8. The van der Waals surface area contributed by atoms with Gasteiger partial charge in [-0.1, -0.05) is 54.9 Å².